The molecule has 1 aliphatic rings. The van der Waals surface area contributed by atoms with E-state index in [1.165, 1.54) is 25.7 Å². The van der Waals surface area contributed by atoms with Gasteiger partial charge in [0, 0.05) is 0 Å². The molecule has 0 aliphatic heterocycles. The molecule has 14 heavy (non-hydrogen) atoms. The predicted octanol–water partition coefficient (Wildman–Crippen LogP) is 0.514. The number of benzene rings is 1. The molecule has 0 saturated carbocycles. The number of rotatable bonds is 0. The van der Waals surface area contributed by atoms with Crippen LogP contribution in [0.2, 0.25) is 0 Å². The molecule has 0 atom stereocenters. The minimum atomic E-state index is -2.17. The molecular formula is C10H15BO3. The number of fused-ring (bicyclic) bond motifs is 1. The summed E-state index contributed by atoms with van der Waals surface area (Å²) in [5.41, 5.74) is 3.16. The van der Waals surface area contributed by atoms with Crippen LogP contribution < -0.4 is 0 Å². The average molecular weight is 194 g/mol. The van der Waals surface area contributed by atoms with E-state index in [1.54, 1.807) is 11.1 Å². The molecule has 0 heterocycles. The van der Waals surface area contributed by atoms with Crippen molar-refractivity contribution in [1.82, 2.24) is 0 Å². The zero-order valence-electron chi connectivity index (χ0n) is 8.06. The van der Waals surface area contributed by atoms with Crippen LogP contribution in [-0.4, -0.2) is 22.4 Å². The summed E-state index contributed by atoms with van der Waals surface area (Å²) in [7, 11) is -2.17. The highest BCUT2D eigenvalue weighted by Gasteiger charge is 2.05. The van der Waals surface area contributed by atoms with Gasteiger partial charge in [-0.05, 0) is 36.8 Å². The van der Waals surface area contributed by atoms with Crippen molar-refractivity contribution < 1.29 is 15.1 Å². The molecule has 4 heteroatoms. The summed E-state index contributed by atoms with van der Waals surface area (Å²) in [4.78, 5) is 0. The van der Waals surface area contributed by atoms with Crippen LogP contribution in [0.25, 0.3) is 0 Å². The highest BCUT2D eigenvalue weighted by molar-refractivity contribution is 6.30. The second-order valence-electron chi connectivity index (χ2n) is 3.32. The molecule has 2 rings (SSSR count). The van der Waals surface area contributed by atoms with Crippen LogP contribution in [0.5, 0.6) is 0 Å². The van der Waals surface area contributed by atoms with Crippen LogP contribution in [0.15, 0.2) is 24.3 Å². The van der Waals surface area contributed by atoms with Crippen LogP contribution >= 0.6 is 0 Å². The maximum absolute atomic E-state index is 7.17. The fourth-order valence-corrected chi connectivity index (χ4v) is 1.68. The van der Waals surface area contributed by atoms with Crippen LogP contribution in [0.4, 0.5) is 0 Å². The van der Waals surface area contributed by atoms with Gasteiger partial charge in [-0.1, -0.05) is 24.3 Å². The lowest BCUT2D eigenvalue weighted by Gasteiger charge is -2.13. The Balaban J connectivity index is 0.000000213. The molecule has 0 radical (unpaired) electrons. The van der Waals surface area contributed by atoms with Gasteiger partial charge >= 0.3 is 7.32 Å². The molecule has 1 aliphatic carbocycles. The van der Waals surface area contributed by atoms with Crippen LogP contribution in [0, 0.1) is 0 Å². The maximum Gasteiger partial charge on any atom is 0.631 e. The Labute approximate surface area is 84.2 Å². The fourth-order valence-electron chi connectivity index (χ4n) is 1.68. The average Bonchev–Trinajstić information content (AvgIpc) is 2.17. The number of hydrogen-bond acceptors (Lipinski definition) is 3. The van der Waals surface area contributed by atoms with Crippen molar-refractivity contribution in [3.05, 3.63) is 35.4 Å². The van der Waals surface area contributed by atoms with Gasteiger partial charge in [0.1, 0.15) is 0 Å². The zero-order valence-corrected chi connectivity index (χ0v) is 8.06. The monoisotopic (exact) mass is 194 g/mol. The quantitative estimate of drug-likeness (QED) is 0.527. The van der Waals surface area contributed by atoms with Crippen LogP contribution in [-0.2, 0) is 12.8 Å². The first-order valence-corrected chi connectivity index (χ1v) is 4.81. The maximum atomic E-state index is 7.17. The molecule has 1 aromatic rings. The Kier molecular flexibility index (Phi) is 4.66. The predicted molar refractivity (Wildman–Crippen MR) is 55.5 cm³/mol. The van der Waals surface area contributed by atoms with Crippen molar-refractivity contribution >= 4 is 7.32 Å². The summed E-state index contributed by atoms with van der Waals surface area (Å²) in [6.07, 6.45) is 5.38. The smallest absolute Gasteiger partial charge is 0.402 e. The third-order valence-corrected chi connectivity index (χ3v) is 2.26. The molecule has 0 spiro atoms. The molecule has 76 valence electrons. The van der Waals surface area contributed by atoms with Gasteiger partial charge < -0.3 is 15.1 Å². The van der Waals surface area contributed by atoms with E-state index in [4.69, 9.17) is 15.1 Å². The third-order valence-electron chi connectivity index (χ3n) is 2.26. The van der Waals surface area contributed by atoms with E-state index in [-0.39, 0.29) is 0 Å². The molecule has 0 aromatic heterocycles. The van der Waals surface area contributed by atoms with Crippen molar-refractivity contribution in [3.8, 4) is 0 Å². The highest BCUT2D eigenvalue weighted by atomic mass is 16.5. The molecule has 3 nitrogen and oxygen atoms in total. The lowest BCUT2D eigenvalue weighted by Crippen LogP contribution is -2.07. The molecule has 0 saturated heterocycles. The van der Waals surface area contributed by atoms with E-state index in [0.717, 1.165) is 0 Å². The van der Waals surface area contributed by atoms with Gasteiger partial charge in [-0.15, -0.1) is 0 Å². The minimum Gasteiger partial charge on any atom is -0.402 e. The first-order chi connectivity index (χ1) is 6.70. The van der Waals surface area contributed by atoms with E-state index in [0.29, 0.717) is 0 Å². The van der Waals surface area contributed by atoms with Crippen molar-refractivity contribution in [3.63, 3.8) is 0 Å². The van der Waals surface area contributed by atoms with Crippen molar-refractivity contribution in [2.45, 2.75) is 25.7 Å². The fraction of sp³-hybridized carbons (Fsp3) is 0.400. The lowest BCUT2D eigenvalue weighted by molar-refractivity contribution is 0.278. The first kappa shape index (κ1) is 11.2. The molecule has 3 N–H and O–H groups in total. The second kappa shape index (κ2) is 5.80. The molecule has 1 aromatic carbocycles. The van der Waals surface area contributed by atoms with E-state index in [9.17, 15) is 0 Å². The highest BCUT2D eigenvalue weighted by Crippen LogP contribution is 2.19. The van der Waals surface area contributed by atoms with Gasteiger partial charge in [0.2, 0.25) is 0 Å². The Hall–Kier alpha value is -0.835. The SMILES string of the molecule is OB(O)O.c1ccc2c(c1)CCCC2. The minimum absolute atomic E-state index is 1.30. The second-order valence-corrected chi connectivity index (χ2v) is 3.32. The topological polar surface area (TPSA) is 60.7 Å². The van der Waals surface area contributed by atoms with Gasteiger partial charge in [0.15, 0.2) is 0 Å². The molecule has 0 bridgehead atoms. The Morgan fingerprint density at radius 3 is 1.57 bits per heavy atom. The zero-order chi connectivity index (χ0) is 10.4. The van der Waals surface area contributed by atoms with E-state index >= 15 is 0 Å². The normalized spacial score (nSPS) is 13.6. The van der Waals surface area contributed by atoms with Gasteiger partial charge in [-0.3, -0.25) is 0 Å². The third kappa shape index (κ3) is 3.92. The largest absolute Gasteiger partial charge is 0.631 e. The molecule has 0 unspecified atom stereocenters. The summed E-state index contributed by atoms with van der Waals surface area (Å²) in [6.45, 7) is 0. The van der Waals surface area contributed by atoms with Gasteiger partial charge in [0.05, 0.1) is 0 Å². The molecule has 0 amide bonds. The Morgan fingerprint density at radius 1 is 0.857 bits per heavy atom. The van der Waals surface area contributed by atoms with Crippen LogP contribution in [0.3, 0.4) is 0 Å². The summed E-state index contributed by atoms with van der Waals surface area (Å²) in [5.74, 6) is 0. The van der Waals surface area contributed by atoms with Gasteiger partial charge in [0.25, 0.3) is 0 Å². The summed E-state index contributed by atoms with van der Waals surface area (Å²) in [6, 6.07) is 8.80. The molecular weight excluding hydrogens is 179 g/mol. The Morgan fingerprint density at radius 2 is 1.21 bits per heavy atom. The van der Waals surface area contributed by atoms with Crippen LogP contribution in [0.1, 0.15) is 24.0 Å². The van der Waals surface area contributed by atoms with Gasteiger partial charge in [-0.2, -0.15) is 0 Å². The number of hydrogen-bond donors (Lipinski definition) is 3. The van der Waals surface area contributed by atoms with E-state index in [2.05, 4.69) is 24.3 Å². The van der Waals surface area contributed by atoms with Crippen molar-refractivity contribution in [1.29, 1.82) is 0 Å². The van der Waals surface area contributed by atoms with E-state index < -0.39 is 7.32 Å². The number of aryl methyl sites for hydroxylation is 2. The molecule has 0 fully saturated rings. The van der Waals surface area contributed by atoms with Crippen molar-refractivity contribution in [2.24, 2.45) is 0 Å². The summed E-state index contributed by atoms with van der Waals surface area (Å²) in [5, 5.41) is 21.5. The summed E-state index contributed by atoms with van der Waals surface area (Å²) < 4.78 is 0. The summed E-state index contributed by atoms with van der Waals surface area (Å²) >= 11 is 0. The van der Waals surface area contributed by atoms with Gasteiger partial charge in [-0.25, -0.2) is 0 Å². The lowest BCUT2D eigenvalue weighted by atomic mass is 9.92. The van der Waals surface area contributed by atoms with Crippen molar-refractivity contribution in [2.75, 3.05) is 0 Å². The standard InChI is InChI=1S/C10H12.BH3O3/c1-2-6-10-8-4-3-7-9(10)5-1;2-1(3)4/h1-2,5-6H,3-4,7-8H2;2-4H. The van der Waals surface area contributed by atoms with E-state index in [1.807, 2.05) is 0 Å². The first-order valence-electron chi connectivity index (χ1n) is 4.81. The Bertz CT molecular complexity index is 248.